The van der Waals surface area contributed by atoms with E-state index in [4.69, 9.17) is 14.2 Å². The van der Waals surface area contributed by atoms with E-state index in [0.29, 0.717) is 23.7 Å². The molecule has 3 aromatic rings. The quantitative estimate of drug-likeness (QED) is 0.460. The van der Waals surface area contributed by atoms with Gasteiger partial charge < -0.3 is 19.5 Å². The third kappa shape index (κ3) is 4.56. The zero-order valence-corrected chi connectivity index (χ0v) is 17.6. The van der Waals surface area contributed by atoms with Crippen molar-refractivity contribution in [1.29, 1.82) is 0 Å². The molecule has 5 heteroatoms. The molecule has 0 bridgehead atoms. The van der Waals surface area contributed by atoms with Crippen LogP contribution in [0, 0.1) is 0 Å². The van der Waals surface area contributed by atoms with E-state index in [-0.39, 0.29) is 11.9 Å². The molecular formula is C26H25NO4. The summed E-state index contributed by atoms with van der Waals surface area (Å²) >= 11 is 0. The maximum absolute atomic E-state index is 13.4. The summed E-state index contributed by atoms with van der Waals surface area (Å²) in [7, 11) is 3.20. The van der Waals surface area contributed by atoms with Crippen LogP contribution in [0.15, 0.2) is 72.8 Å². The van der Waals surface area contributed by atoms with Crippen LogP contribution in [0.2, 0.25) is 0 Å². The monoisotopic (exact) mass is 415 g/mol. The van der Waals surface area contributed by atoms with E-state index in [0.717, 1.165) is 28.9 Å². The molecule has 0 saturated heterocycles. The maximum atomic E-state index is 13.4. The molecule has 0 radical (unpaired) electrons. The first-order valence-corrected chi connectivity index (χ1v) is 10.2. The summed E-state index contributed by atoms with van der Waals surface area (Å²) in [5, 5.41) is 3.20. The Morgan fingerprint density at radius 3 is 2.48 bits per heavy atom. The molecule has 1 N–H and O–H groups in total. The van der Waals surface area contributed by atoms with Crippen molar-refractivity contribution in [2.75, 3.05) is 20.8 Å². The van der Waals surface area contributed by atoms with Crippen LogP contribution in [0.25, 0.3) is 11.6 Å². The Labute approximate surface area is 182 Å². The summed E-state index contributed by atoms with van der Waals surface area (Å²) in [4.78, 5) is 13.4. The molecule has 0 fully saturated rings. The fourth-order valence-corrected chi connectivity index (χ4v) is 3.73. The van der Waals surface area contributed by atoms with Gasteiger partial charge in [-0.1, -0.05) is 54.6 Å². The van der Waals surface area contributed by atoms with E-state index in [2.05, 4.69) is 5.32 Å². The first-order chi connectivity index (χ1) is 15.2. The highest BCUT2D eigenvalue weighted by Gasteiger charge is 2.24. The second kappa shape index (κ2) is 9.39. The number of rotatable bonds is 6. The molecule has 1 amide bonds. The molecule has 5 nitrogen and oxygen atoms in total. The van der Waals surface area contributed by atoms with Crippen LogP contribution >= 0.6 is 0 Å². The second-order valence-electron chi connectivity index (χ2n) is 7.24. The standard InChI is InChI=1S/C26H25NO4/c1-29-24-13-12-18(17-25(24)30-2)16-21(19-8-4-3-5-9-19)26(28)27-22-14-15-31-23-11-7-6-10-20(22)23/h3-13,16-17,22H,14-15H2,1-2H3,(H,27,28)/b21-16+. The fraction of sp³-hybridized carbons (Fsp3) is 0.192. The second-order valence-corrected chi connectivity index (χ2v) is 7.24. The van der Waals surface area contributed by atoms with E-state index in [1.165, 1.54) is 0 Å². The lowest BCUT2D eigenvalue weighted by molar-refractivity contribution is -0.116. The highest BCUT2D eigenvalue weighted by Crippen LogP contribution is 2.33. The van der Waals surface area contributed by atoms with Gasteiger partial charge in [0.05, 0.1) is 26.9 Å². The Morgan fingerprint density at radius 1 is 0.968 bits per heavy atom. The molecule has 1 aliphatic heterocycles. The average molecular weight is 415 g/mol. The zero-order valence-electron chi connectivity index (χ0n) is 17.6. The molecule has 1 aliphatic rings. The number of hydrogen-bond acceptors (Lipinski definition) is 4. The van der Waals surface area contributed by atoms with E-state index in [9.17, 15) is 4.79 Å². The van der Waals surface area contributed by atoms with Gasteiger partial charge in [0.25, 0.3) is 5.91 Å². The molecule has 0 aromatic heterocycles. The molecule has 1 unspecified atom stereocenters. The number of hydrogen-bond donors (Lipinski definition) is 1. The number of methoxy groups -OCH3 is 2. The summed E-state index contributed by atoms with van der Waals surface area (Å²) in [6, 6.07) is 23.0. The normalized spacial score (nSPS) is 15.4. The van der Waals surface area contributed by atoms with Gasteiger partial charge in [0.1, 0.15) is 5.75 Å². The summed E-state index contributed by atoms with van der Waals surface area (Å²) in [5.41, 5.74) is 3.27. The summed E-state index contributed by atoms with van der Waals surface area (Å²) in [6.45, 7) is 0.571. The van der Waals surface area contributed by atoms with Crippen LogP contribution in [-0.2, 0) is 4.79 Å². The van der Waals surface area contributed by atoms with Gasteiger partial charge in [0.15, 0.2) is 11.5 Å². The largest absolute Gasteiger partial charge is 0.493 e. The third-order valence-corrected chi connectivity index (χ3v) is 5.31. The SMILES string of the molecule is COc1ccc(/C=C(/C(=O)NC2CCOc3ccccc32)c2ccccc2)cc1OC. The smallest absolute Gasteiger partial charge is 0.252 e. The predicted molar refractivity (Wildman–Crippen MR) is 121 cm³/mol. The van der Waals surface area contributed by atoms with Crippen molar-refractivity contribution in [2.24, 2.45) is 0 Å². The van der Waals surface area contributed by atoms with Gasteiger partial charge in [-0.3, -0.25) is 4.79 Å². The molecule has 0 aliphatic carbocycles. The van der Waals surface area contributed by atoms with Gasteiger partial charge in [0, 0.05) is 17.6 Å². The Balaban J connectivity index is 1.68. The molecule has 0 saturated carbocycles. The van der Waals surface area contributed by atoms with E-state index < -0.39 is 0 Å². The van der Waals surface area contributed by atoms with Crippen LogP contribution < -0.4 is 19.5 Å². The molecule has 0 spiro atoms. The van der Waals surface area contributed by atoms with Gasteiger partial charge in [-0.25, -0.2) is 0 Å². The maximum Gasteiger partial charge on any atom is 0.252 e. The van der Waals surface area contributed by atoms with Crippen molar-refractivity contribution in [3.63, 3.8) is 0 Å². The predicted octanol–water partition coefficient (Wildman–Crippen LogP) is 4.88. The van der Waals surface area contributed by atoms with Gasteiger partial charge in [0.2, 0.25) is 0 Å². The molecule has 1 atom stereocenters. The molecular weight excluding hydrogens is 390 g/mol. The van der Waals surface area contributed by atoms with Gasteiger partial charge >= 0.3 is 0 Å². The molecule has 3 aromatic carbocycles. The van der Waals surface area contributed by atoms with Crippen molar-refractivity contribution in [2.45, 2.75) is 12.5 Å². The fourth-order valence-electron chi connectivity index (χ4n) is 3.73. The number of amides is 1. The van der Waals surface area contributed by atoms with E-state index >= 15 is 0 Å². The lowest BCUT2D eigenvalue weighted by Gasteiger charge is -2.27. The Kier molecular flexibility index (Phi) is 6.22. The minimum absolute atomic E-state index is 0.102. The third-order valence-electron chi connectivity index (χ3n) is 5.31. The van der Waals surface area contributed by atoms with Crippen LogP contribution in [-0.4, -0.2) is 26.7 Å². The number of nitrogens with one attached hydrogen (secondary N) is 1. The minimum Gasteiger partial charge on any atom is -0.493 e. The van der Waals surface area contributed by atoms with Gasteiger partial charge in [-0.2, -0.15) is 0 Å². The number of benzene rings is 3. The molecule has 4 rings (SSSR count). The zero-order chi connectivity index (χ0) is 21.6. The number of carbonyl (C=O) groups is 1. The lowest BCUT2D eigenvalue weighted by Crippen LogP contribution is -2.32. The summed E-state index contributed by atoms with van der Waals surface area (Å²) < 4.78 is 16.5. The van der Waals surface area contributed by atoms with E-state index in [1.54, 1.807) is 14.2 Å². The van der Waals surface area contributed by atoms with Crippen molar-refractivity contribution < 1.29 is 19.0 Å². The number of carbonyl (C=O) groups excluding carboxylic acids is 1. The highest BCUT2D eigenvalue weighted by molar-refractivity contribution is 6.24. The van der Waals surface area contributed by atoms with Crippen molar-refractivity contribution in [3.05, 3.63) is 89.5 Å². The first kappa shape index (κ1) is 20.5. The average Bonchev–Trinajstić information content (AvgIpc) is 2.83. The number of ether oxygens (including phenoxy) is 3. The van der Waals surface area contributed by atoms with Crippen molar-refractivity contribution in [3.8, 4) is 17.2 Å². The number of fused-ring (bicyclic) bond motifs is 1. The van der Waals surface area contributed by atoms with Crippen LogP contribution in [0.1, 0.15) is 29.2 Å². The van der Waals surface area contributed by atoms with Crippen LogP contribution in [0.4, 0.5) is 0 Å². The number of para-hydroxylation sites is 1. The Hall–Kier alpha value is -3.73. The topological polar surface area (TPSA) is 56.8 Å². The molecule has 31 heavy (non-hydrogen) atoms. The van der Waals surface area contributed by atoms with Gasteiger partial charge in [-0.15, -0.1) is 0 Å². The first-order valence-electron chi connectivity index (χ1n) is 10.2. The van der Waals surface area contributed by atoms with E-state index in [1.807, 2.05) is 78.9 Å². The Bertz CT molecular complexity index is 1090. The van der Waals surface area contributed by atoms with Crippen molar-refractivity contribution in [1.82, 2.24) is 5.32 Å². The summed E-state index contributed by atoms with van der Waals surface area (Å²) in [5.74, 6) is 1.94. The van der Waals surface area contributed by atoms with Gasteiger partial charge in [-0.05, 0) is 35.4 Å². The minimum atomic E-state index is -0.136. The van der Waals surface area contributed by atoms with Crippen LogP contribution in [0.3, 0.4) is 0 Å². The highest BCUT2D eigenvalue weighted by atomic mass is 16.5. The molecule has 158 valence electrons. The van der Waals surface area contributed by atoms with Crippen LogP contribution in [0.5, 0.6) is 17.2 Å². The molecule has 1 heterocycles. The lowest BCUT2D eigenvalue weighted by atomic mass is 9.98. The van der Waals surface area contributed by atoms with Crippen molar-refractivity contribution >= 4 is 17.6 Å². The summed E-state index contributed by atoms with van der Waals surface area (Å²) in [6.07, 6.45) is 2.60. The Morgan fingerprint density at radius 2 is 1.71 bits per heavy atom.